The molecule has 0 aromatic heterocycles. The lowest BCUT2D eigenvalue weighted by atomic mass is 9.90. The van der Waals surface area contributed by atoms with Crippen molar-refractivity contribution in [2.24, 2.45) is 5.92 Å². The van der Waals surface area contributed by atoms with Gasteiger partial charge in [0.2, 0.25) is 0 Å². The quantitative estimate of drug-likeness (QED) is 0.259. The highest BCUT2D eigenvalue weighted by atomic mass is 32.2. The van der Waals surface area contributed by atoms with Gasteiger partial charge in [-0.25, -0.2) is 4.39 Å². The number of carbonyl (C=O) groups is 1. The molecule has 37 heavy (non-hydrogen) atoms. The van der Waals surface area contributed by atoms with Gasteiger partial charge >= 0.3 is 5.97 Å². The van der Waals surface area contributed by atoms with Gasteiger partial charge in [-0.05, 0) is 90.8 Å². The number of ether oxygens (including phenoxy) is 2. The third-order valence-corrected chi connectivity index (χ3v) is 8.25. The minimum absolute atomic E-state index is 0.0364. The van der Waals surface area contributed by atoms with E-state index < -0.39 is 23.0 Å². The SMILES string of the molecule is COc1ccc(F)c(-c2ccc(COc3cccc([C@@H](CC(=O)O)CC4CC4)c3)cc2[S@+]([O-])C(C)C)c1. The van der Waals surface area contributed by atoms with Crippen molar-refractivity contribution in [2.45, 2.75) is 62.2 Å². The predicted molar refractivity (Wildman–Crippen MR) is 143 cm³/mol. The van der Waals surface area contributed by atoms with E-state index in [1.165, 1.54) is 26.0 Å². The molecule has 2 atom stereocenters. The molecular formula is C30H33FO5S. The van der Waals surface area contributed by atoms with E-state index in [1.54, 1.807) is 18.2 Å². The van der Waals surface area contributed by atoms with Crippen molar-refractivity contribution in [3.63, 3.8) is 0 Å². The van der Waals surface area contributed by atoms with Crippen LogP contribution in [0.2, 0.25) is 0 Å². The molecule has 0 spiro atoms. The van der Waals surface area contributed by atoms with Crippen LogP contribution in [0.1, 0.15) is 56.6 Å². The Labute approximate surface area is 220 Å². The fourth-order valence-corrected chi connectivity index (χ4v) is 5.64. The van der Waals surface area contributed by atoms with Gasteiger partial charge in [0.25, 0.3) is 0 Å². The Morgan fingerprint density at radius 2 is 1.86 bits per heavy atom. The number of hydrogen-bond acceptors (Lipinski definition) is 4. The van der Waals surface area contributed by atoms with Crippen LogP contribution in [0.4, 0.5) is 4.39 Å². The minimum Gasteiger partial charge on any atom is -0.611 e. The maximum absolute atomic E-state index is 14.8. The molecule has 3 aromatic carbocycles. The van der Waals surface area contributed by atoms with Crippen LogP contribution in [0.15, 0.2) is 65.6 Å². The summed E-state index contributed by atoms with van der Waals surface area (Å²) in [6.07, 6.45) is 3.32. The Morgan fingerprint density at radius 1 is 1.08 bits per heavy atom. The summed E-state index contributed by atoms with van der Waals surface area (Å²) in [5.74, 6) is 0.541. The number of aliphatic carboxylic acids is 1. The largest absolute Gasteiger partial charge is 0.611 e. The summed E-state index contributed by atoms with van der Waals surface area (Å²) in [6.45, 7) is 3.97. The Morgan fingerprint density at radius 3 is 2.54 bits per heavy atom. The number of halogens is 1. The molecule has 0 unspecified atom stereocenters. The average molecular weight is 525 g/mol. The summed E-state index contributed by atoms with van der Waals surface area (Å²) in [5.41, 5.74) is 2.67. The van der Waals surface area contributed by atoms with Gasteiger partial charge in [0.1, 0.15) is 29.2 Å². The summed E-state index contributed by atoms with van der Waals surface area (Å²) in [5, 5.41) is 9.22. The van der Waals surface area contributed by atoms with Gasteiger partial charge in [-0.1, -0.05) is 31.0 Å². The molecule has 1 aliphatic rings. The lowest BCUT2D eigenvalue weighted by molar-refractivity contribution is -0.137. The van der Waals surface area contributed by atoms with Crippen LogP contribution in [0.25, 0.3) is 11.1 Å². The normalized spacial score (nSPS) is 14.9. The maximum atomic E-state index is 14.8. The highest BCUT2D eigenvalue weighted by Crippen LogP contribution is 2.40. The molecule has 196 valence electrons. The second-order valence-corrected chi connectivity index (χ2v) is 11.8. The molecule has 5 nitrogen and oxygen atoms in total. The van der Waals surface area contributed by atoms with E-state index in [2.05, 4.69) is 0 Å². The van der Waals surface area contributed by atoms with E-state index in [1.807, 2.05) is 50.2 Å². The van der Waals surface area contributed by atoms with E-state index in [0.29, 0.717) is 33.4 Å². The number of rotatable bonds is 12. The molecule has 0 heterocycles. The second kappa shape index (κ2) is 12.0. The minimum atomic E-state index is -1.36. The van der Waals surface area contributed by atoms with Gasteiger partial charge in [-0.3, -0.25) is 4.79 Å². The van der Waals surface area contributed by atoms with Gasteiger partial charge in [-0.15, -0.1) is 0 Å². The fraction of sp³-hybridized carbons (Fsp3) is 0.367. The van der Waals surface area contributed by atoms with Crippen LogP contribution in [-0.4, -0.2) is 28.0 Å². The predicted octanol–water partition coefficient (Wildman–Crippen LogP) is 6.95. The summed E-state index contributed by atoms with van der Waals surface area (Å²) < 4.78 is 39.3. The lowest BCUT2D eigenvalue weighted by Crippen LogP contribution is -2.16. The Balaban J connectivity index is 1.57. The molecule has 1 aliphatic carbocycles. The first-order chi connectivity index (χ1) is 17.7. The van der Waals surface area contributed by atoms with Crippen molar-refractivity contribution in [1.29, 1.82) is 0 Å². The van der Waals surface area contributed by atoms with E-state index in [4.69, 9.17) is 9.47 Å². The van der Waals surface area contributed by atoms with E-state index in [0.717, 1.165) is 17.5 Å². The zero-order valence-corrected chi connectivity index (χ0v) is 22.2. The van der Waals surface area contributed by atoms with Gasteiger partial charge in [0, 0.05) is 17.2 Å². The lowest BCUT2D eigenvalue weighted by Gasteiger charge is -2.19. The highest BCUT2D eigenvalue weighted by Gasteiger charge is 2.28. The van der Waals surface area contributed by atoms with Crippen molar-refractivity contribution < 1.29 is 28.3 Å². The Kier molecular flexibility index (Phi) is 8.77. The first-order valence-electron chi connectivity index (χ1n) is 12.6. The van der Waals surface area contributed by atoms with Gasteiger partial charge in [0.05, 0.1) is 13.5 Å². The van der Waals surface area contributed by atoms with Crippen LogP contribution < -0.4 is 9.47 Å². The van der Waals surface area contributed by atoms with E-state index in [9.17, 15) is 18.8 Å². The highest BCUT2D eigenvalue weighted by molar-refractivity contribution is 7.92. The molecule has 1 fully saturated rings. The van der Waals surface area contributed by atoms with Gasteiger partial charge in [0.15, 0.2) is 4.90 Å². The van der Waals surface area contributed by atoms with Crippen molar-refractivity contribution in [3.05, 3.63) is 77.6 Å². The van der Waals surface area contributed by atoms with Crippen molar-refractivity contribution in [1.82, 2.24) is 0 Å². The maximum Gasteiger partial charge on any atom is 0.303 e. The number of benzene rings is 3. The molecule has 3 aromatic rings. The molecule has 0 amide bonds. The summed E-state index contributed by atoms with van der Waals surface area (Å²) in [4.78, 5) is 12.0. The number of carboxylic acids is 1. The van der Waals surface area contributed by atoms with Crippen LogP contribution in [0, 0.1) is 11.7 Å². The number of methoxy groups -OCH3 is 1. The molecule has 1 saturated carbocycles. The van der Waals surface area contributed by atoms with Crippen molar-refractivity contribution in [2.75, 3.05) is 7.11 Å². The Bertz CT molecular complexity index is 1240. The first kappa shape index (κ1) is 27.0. The molecule has 0 aliphatic heterocycles. The third kappa shape index (κ3) is 7.05. The van der Waals surface area contributed by atoms with Crippen LogP contribution in [-0.2, 0) is 22.6 Å². The second-order valence-electron chi connectivity index (χ2n) is 9.86. The third-order valence-electron chi connectivity index (χ3n) is 6.63. The zero-order valence-electron chi connectivity index (χ0n) is 21.4. The van der Waals surface area contributed by atoms with Crippen molar-refractivity contribution >= 4 is 17.1 Å². The van der Waals surface area contributed by atoms with Crippen LogP contribution >= 0.6 is 0 Å². The first-order valence-corrected chi connectivity index (χ1v) is 13.8. The molecule has 0 bridgehead atoms. The zero-order chi connectivity index (χ0) is 26.5. The monoisotopic (exact) mass is 524 g/mol. The molecule has 1 N–H and O–H groups in total. The van der Waals surface area contributed by atoms with Crippen LogP contribution in [0.5, 0.6) is 11.5 Å². The molecule has 0 radical (unpaired) electrons. The topological polar surface area (TPSA) is 78.8 Å². The number of hydrogen-bond donors (Lipinski definition) is 1. The van der Waals surface area contributed by atoms with E-state index >= 15 is 0 Å². The van der Waals surface area contributed by atoms with Gasteiger partial charge in [-0.2, -0.15) is 0 Å². The molecule has 0 saturated heterocycles. The average Bonchev–Trinajstić information content (AvgIpc) is 3.71. The smallest absolute Gasteiger partial charge is 0.303 e. The Hall–Kier alpha value is -3.03. The molecule has 4 rings (SSSR count). The summed E-state index contributed by atoms with van der Waals surface area (Å²) in [6, 6.07) is 17.6. The summed E-state index contributed by atoms with van der Waals surface area (Å²) >= 11 is -1.36. The number of carboxylic acid groups (broad SMARTS) is 1. The van der Waals surface area contributed by atoms with Crippen LogP contribution in [0.3, 0.4) is 0 Å². The van der Waals surface area contributed by atoms with Gasteiger partial charge < -0.3 is 19.1 Å². The standard InChI is InChI=1S/C30H33FO5S/c1-19(2)37(34)29-14-21(9-11-26(29)27-17-24(35-3)10-12-28(27)31)18-36-25-6-4-5-22(15-25)23(16-30(32)33)13-20-7-8-20/h4-6,9-12,14-15,17,19-20,23H,7-8,13,16,18H2,1-3H3,(H,32,33)/t23-,37-/m1/s1. The molecule has 7 heteroatoms. The molecular weight excluding hydrogens is 491 g/mol. The fourth-order valence-electron chi connectivity index (χ4n) is 4.47. The van der Waals surface area contributed by atoms with Crippen molar-refractivity contribution in [3.8, 4) is 22.6 Å². The van der Waals surface area contributed by atoms with E-state index in [-0.39, 0.29) is 24.2 Å². The summed E-state index contributed by atoms with van der Waals surface area (Å²) in [7, 11) is 1.52.